The molecule has 0 fully saturated rings. The number of benzene rings is 2. The maximum Gasteiger partial charge on any atom is 0.134 e. The van der Waals surface area contributed by atoms with Crippen molar-refractivity contribution in [3.05, 3.63) is 47.5 Å². The van der Waals surface area contributed by atoms with Crippen LogP contribution in [0.15, 0.2) is 36.4 Å². The molecular formula is C18H18O5. The van der Waals surface area contributed by atoms with Crippen molar-refractivity contribution in [3.63, 3.8) is 0 Å². The minimum absolute atomic E-state index is 0.0223. The quantitative estimate of drug-likeness (QED) is 0.732. The summed E-state index contributed by atoms with van der Waals surface area (Å²) in [6, 6.07) is 11.1. The molecule has 0 unspecified atom stereocenters. The van der Waals surface area contributed by atoms with Gasteiger partial charge in [-0.3, -0.25) is 0 Å². The van der Waals surface area contributed by atoms with Gasteiger partial charge in [0.1, 0.15) is 36.2 Å². The monoisotopic (exact) mass is 314 g/mol. The van der Waals surface area contributed by atoms with Gasteiger partial charge in [-0.1, -0.05) is 12.2 Å². The van der Waals surface area contributed by atoms with E-state index in [-0.39, 0.29) is 26.4 Å². The minimum Gasteiger partial charge on any atom is -0.491 e. The Kier molecular flexibility index (Phi) is 4.80. The van der Waals surface area contributed by atoms with Gasteiger partial charge in [-0.2, -0.15) is 0 Å². The van der Waals surface area contributed by atoms with E-state index in [0.29, 0.717) is 11.5 Å². The Morgan fingerprint density at radius 1 is 0.739 bits per heavy atom. The van der Waals surface area contributed by atoms with Crippen molar-refractivity contribution in [2.24, 2.45) is 0 Å². The van der Waals surface area contributed by atoms with Gasteiger partial charge in [0.25, 0.3) is 0 Å². The van der Waals surface area contributed by atoms with Gasteiger partial charge in [-0.15, -0.1) is 0 Å². The molecule has 0 saturated heterocycles. The van der Waals surface area contributed by atoms with Gasteiger partial charge in [-0.25, -0.2) is 0 Å². The van der Waals surface area contributed by atoms with Crippen LogP contribution in [0.2, 0.25) is 0 Å². The van der Waals surface area contributed by atoms with Crippen molar-refractivity contribution in [2.75, 3.05) is 26.4 Å². The molecule has 0 amide bonds. The third-order valence-electron chi connectivity index (χ3n) is 3.34. The lowest BCUT2D eigenvalue weighted by Gasteiger charge is -2.12. The average molecular weight is 314 g/mol. The fourth-order valence-corrected chi connectivity index (χ4v) is 2.30. The van der Waals surface area contributed by atoms with E-state index in [1.807, 2.05) is 48.6 Å². The molecule has 2 aromatic rings. The number of ether oxygens (including phenoxy) is 3. The summed E-state index contributed by atoms with van der Waals surface area (Å²) >= 11 is 0. The van der Waals surface area contributed by atoms with Gasteiger partial charge in [0.15, 0.2) is 0 Å². The highest BCUT2D eigenvalue weighted by Crippen LogP contribution is 2.37. The smallest absolute Gasteiger partial charge is 0.134 e. The fourth-order valence-electron chi connectivity index (χ4n) is 2.30. The molecule has 0 spiro atoms. The minimum atomic E-state index is -0.0223. The first-order valence-corrected chi connectivity index (χ1v) is 7.41. The molecule has 5 nitrogen and oxygen atoms in total. The number of rotatable bonds is 6. The topological polar surface area (TPSA) is 68.2 Å². The molecule has 1 aliphatic heterocycles. The number of aliphatic hydroxyl groups excluding tert-OH is 2. The van der Waals surface area contributed by atoms with Crippen molar-refractivity contribution in [3.8, 4) is 23.0 Å². The van der Waals surface area contributed by atoms with E-state index in [0.717, 1.165) is 22.6 Å². The highest BCUT2D eigenvalue weighted by molar-refractivity contribution is 5.78. The molecular weight excluding hydrogens is 296 g/mol. The summed E-state index contributed by atoms with van der Waals surface area (Å²) in [5.74, 6) is 2.84. The number of hydrogen-bond donors (Lipinski definition) is 2. The number of hydrogen-bond acceptors (Lipinski definition) is 5. The maximum atomic E-state index is 8.83. The molecule has 2 aromatic carbocycles. The summed E-state index contributed by atoms with van der Waals surface area (Å²) in [5.41, 5.74) is 1.80. The Morgan fingerprint density at radius 3 is 1.65 bits per heavy atom. The van der Waals surface area contributed by atoms with Crippen LogP contribution in [0.1, 0.15) is 11.1 Å². The molecule has 23 heavy (non-hydrogen) atoms. The van der Waals surface area contributed by atoms with Crippen molar-refractivity contribution in [1.29, 1.82) is 0 Å². The van der Waals surface area contributed by atoms with E-state index in [1.54, 1.807) is 0 Å². The molecule has 3 rings (SSSR count). The van der Waals surface area contributed by atoms with Crippen LogP contribution >= 0.6 is 0 Å². The number of fused-ring (bicyclic) bond motifs is 2. The molecule has 0 aliphatic carbocycles. The largest absolute Gasteiger partial charge is 0.491 e. The van der Waals surface area contributed by atoms with Crippen LogP contribution in [0.5, 0.6) is 23.0 Å². The average Bonchev–Trinajstić information content (AvgIpc) is 2.76. The van der Waals surface area contributed by atoms with Crippen LogP contribution < -0.4 is 14.2 Å². The standard InChI is InChI=1S/C18H18O5/c19-7-9-21-15-3-5-17-13(11-15)1-2-14-12-16(22-10-8-20)4-6-18(14)23-17/h1-6,11-12,19-20H,7-10H2. The van der Waals surface area contributed by atoms with Crippen LogP contribution in [0.3, 0.4) is 0 Å². The Balaban J connectivity index is 1.85. The van der Waals surface area contributed by atoms with E-state index in [4.69, 9.17) is 24.4 Å². The predicted molar refractivity (Wildman–Crippen MR) is 87.0 cm³/mol. The van der Waals surface area contributed by atoms with Gasteiger partial charge >= 0.3 is 0 Å². The molecule has 2 N–H and O–H groups in total. The van der Waals surface area contributed by atoms with Gasteiger partial charge in [-0.05, 0) is 36.4 Å². The molecule has 1 aliphatic rings. The second kappa shape index (κ2) is 7.17. The molecule has 0 aromatic heterocycles. The lowest BCUT2D eigenvalue weighted by molar-refractivity contribution is 0.201. The normalized spacial score (nSPS) is 11.9. The first-order chi connectivity index (χ1) is 11.3. The molecule has 0 bridgehead atoms. The van der Waals surface area contributed by atoms with E-state index in [9.17, 15) is 0 Å². The Bertz CT molecular complexity index is 649. The van der Waals surface area contributed by atoms with Crippen LogP contribution in [0, 0.1) is 0 Å². The van der Waals surface area contributed by atoms with Gasteiger partial charge in [0, 0.05) is 11.1 Å². The van der Waals surface area contributed by atoms with Crippen molar-refractivity contribution in [2.45, 2.75) is 0 Å². The van der Waals surface area contributed by atoms with Gasteiger partial charge in [0.05, 0.1) is 13.2 Å². The molecule has 5 heteroatoms. The molecule has 120 valence electrons. The second-order valence-electron chi connectivity index (χ2n) is 4.98. The summed E-state index contributed by atoms with van der Waals surface area (Å²) in [6.45, 7) is 0.473. The second-order valence-corrected chi connectivity index (χ2v) is 4.98. The fraction of sp³-hybridized carbons (Fsp3) is 0.222. The summed E-state index contributed by atoms with van der Waals surface area (Å²) < 4.78 is 16.8. The first-order valence-electron chi connectivity index (χ1n) is 7.41. The maximum absolute atomic E-state index is 8.83. The lowest BCUT2D eigenvalue weighted by atomic mass is 10.1. The van der Waals surface area contributed by atoms with Gasteiger partial charge < -0.3 is 24.4 Å². The van der Waals surface area contributed by atoms with Crippen molar-refractivity contribution in [1.82, 2.24) is 0 Å². The van der Waals surface area contributed by atoms with E-state index < -0.39 is 0 Å². The zero-order chi connectivity index (χ0) is 16.1. The first kappa shape index (κ1) is 15.4. The third-order valence-corrected chi connectivity index (χ3v) is 3.34. The predicted octanol–water partition coefficient (Wildman–Crippen LogP) is 2.70. The van der Waals surface area contributed by atoms with E-state index in [2.05, 4.69) is 0 Å². The summed E-state index contributed by atoms with van der Waals surface area (Å²) in [6.07, 6.45) is 3.89. The molecule has 0 radical (unpaired) electrons. The van der Waals surface area contributed by atoms with E-state index >= 15 is 0 Å². The Hall–Kier alpha value is -2.50. The molecule has 1 heterocycles. The van der Waals surface area contributed by atoms with E-state index in [1.165, 1.54) is 0 Å². The van der Waals surface area contributed by atoms with Crippen LogP contribution in [0.4, 0.5) is 0 Å². The van der Waals surface area contributed by atoms with Crippen LogP contribution in [-0.4, -0.2) is 36.6 Å². The zero-order valence-corrected chi connectivity index (χ0v) is 12.6. The highest BCUT2D eigenvalue weighted by atomic mass is 16.5. The Morgan fingerprint density at radius 2 is 1.22 bits per heavy atom. The van der Waals surface area contributed by atoms with Crippen molar-refractivity contribution >= 4 is 12.2 Å². The SMILES string of the molecule is OCCOc1ccc2c(c1)C=Cc1cc(OCCO)ccc1O2. The highest BCUT2D eigenvalue weighted by Gasteiger charge is 2.12. The summed E-state index contributed by atoms with van der Waals surface area (Å²) in [5, 5.41) is 17.7. The Labute approximate surface area is 134 Å². The van der Waals surface area contributed by atoms with Crippen LogP contribution in [-0.2, 0) is 0 Å². The van der Waals surface area contributed by atoms with Crippen LogP contribution in [0.25, 0.3) is 12.2 Å². The zero-order valence-electron chi connectivity index (χ0n) is 12.6. The molecule has 0 saturated carbocycles. The van der Waals surface area contributed by atoms with Gasteiger partial charge in [0.2, 0.25) is 0 Å². The summed E-state index contributed by atoms with van der Waals surface area (Å²) in [4.78, 5) is 0. The third kappa shape index (κ3) is 3.64. The van der Waals surface area contributed by atoms with Crippen molar-refractivity contribution < 1.29 is 24.4 Å². The lowest BCUT2D eigenvalue weighted by Crippen LogP contribution is -2.02. The molecule has 0 atom stereocenters. The number of aliphatic hydroxyl groups is 2. The summed E-state index contributed by atoms with van der Waals surface area (Å²) in [7, 11) is 0.